The Morgan fingerprint density at radius 1 is 0.889 bits per heavy atom. The summed E-state index contributed by atoms with van der Waals surface area (Å²) in [6.07, 6.45) is 2.58. The van der Waals surface area contributed by atoms with E-state index in [0.29, 0.717) is 38.8 Å². The third kappa shape index (κ3) is 6.07. The fourth-order valence-corrected chi connectivity index (χ4v) is 6.84. The molecule has 2 saturated heterocycles. The van der Waals surface area contributed by atoms with Gasteiger partial charge in [-0.15, -0.1) is 0 Å². The summed E-state index contributed by atoms with van der Waals surface area (Å²) in [5.74, 6) is -0.392. The first-order valence-corrected chi connectivity index (χ1v) is 14.2. The van der Waals surface area contributed by atoms with E-state index in [-0.39, 0.29) is 41.5 Å². The second-order valence-corrected chi connectivity index (χ2v) is 11.9. The van der Waals surface area contributed by atoms with Crippen LogP contribution in [0.3, 0.4) is 0 Å². The minimum Gasteiger partial charge on any atom is -0.342 e. The summed E-state index contributed by atoms with van der Waals surface area (Å²) in [5, 5.41) is 5.82. The van der Waals surface area contributed by atoms with Crippen molar-refractivity contribution in [1.29, 1.82) is 0 Å². The van der Waals surface area contributed by atoms with Crippen LogP contribution in [0.15, 0.2) is 65.6 Å². The Bertz CT molecular complexity index is 1130. The average molecular weight is 513 g/mol. The Hall–Kier alpha value is -2.91. The number of urea groups is 1. The van der Waals surface area contributed by atoms with Crippen LogP contribution in [0.1, 0.15) is 51.1 Å². The highest BCUT2D eigenvalue weighted by molar-refractivity contribution is 7.89. The smallest absolute Gasteiger partial charge is 0.315 e. The van der Waals surface area contributed by atoms with Crippen molar-refractivity contribution in [2.75, 3.05) is 19.6 Å². The molecule has 2 aliphatic heterocycles. The molecule has 9 heteroatoms. The number of carbonyl (C=O) groups excluding carboxylic acids is 2. The quantitative estimate of drug-likeness (QED) is 0.619. The van der Waals surface area contributed by atoms with Crippen molar-refractivity contribution in [2.45, 2.75) is 62.6 Å². The first-order chi connectivity index (χ1) is 17.3. The normalized spacial score (nSPS) is 21.8. The van der Waals surface area contributed by atoms with E-state index in [1.54, 1.807) is 30.3 Å². The first kappa shape index (κ1) is 26.2. The van der Waals surface area contributed by atoms with Crippen molar-refractivity contribution in [3.8, 4) is 0 Å². The molecule has 4 rings (SSSR count). The molecule has 2 aromatic rings. The van der Waals surface area contributed by atoms with Gasteiger partial charge >= 0.3 is 6.03 Å². The maximum atomic E-state index is 13.7. The van der Waals surface area contributed by atoms with Crippen LogP contribution >= 0.6 is 0 Å². The number of carbonyl (C=O) groups is 2. The van der Waals surface area contributed by atoms with Crippen LogP contribution < -0.4 is 10.6 Å². The topological polar surface area (TPSA) is 98.8 Å². The van der Waals surface area contributed by atoms with Crippen molar-refractivity contribution in [3.05, 3.63) is 66.2 Å². The van der Waals surface area contributed by atoms with E-state index in [4.69, 9.17) is 0 Å². The molecule has 8 nitrogen and oxygen atoms in total. The number of hydrogen-bond donors (Lipinski definition) is 2. The molecule has 0 spiro atoms. The van der Waals surface area contributed by atoms with Gasteiger partial charge in [-0.25, -0.2) is 13.2 Å². The summed E-state index contributed by atoms with van der Waals surface area (Å²) in [6.45, 7) is 5.08. The van der Waals surface area contributed by atoms with Crippen LogP contribution in [0.25, 0.3) is 0 Å². The molecule has 2 N–H and O–H groups in total. The van der Waals surface area contributed by atoms with Crippen LogP contribution in [-0.4, -0.2) is 61.3 Å². The first-order valence-electron chi connectivity index (χ1n) is 12.7. The number of benzene rings is 2. The molecule has 2 aliphatic rings. The SMILES string of the molecule is CC(C)NC(=O)NC1CCN(C(=O)[C@@H]2CC[C@H](c3ccccc3)N(S(=O)(=O)c3ccccc3)C2)CC1. The fourth-order valence-electron chi connectivity index (χ4n) is 5.13. The Morgan fingerprint density at radius 3 is 2.11 bits per heavy atom. The zero-order valence-corrected chi connectivity index (χ0v) is 21.8. The van der Waals surface area contributed by atoms with Crippen LogP contribution in [0.5, 0.6) is 0 Å². The summed E-state index contributed by atoms with van der Waals surface area (Å²) in [5.41, 5.74) is 0.939. The van der Waals surface area contributed by atoms with Crippen LogP contribution in [0, 0.1) is 5.92 Å². The highest BCUT2D eigenvalue weighted by Crippen LogP contribution is 2.38. The molecule has 0 bridgehead atoms. The van der Waals surface area contributed by atoms with Crippen molar-refractivity contribution >= 4 is 22.0 Å². The maximum Gasteiger partial charge on any atom is 0.315 e. The molecule has 2 fully saturated rings. The lowest BCUT2D eigenvalue weighted by Gasteiger charge is -2.41. The van der Waals surface area contributed by atoms with E-state index in [0.717, 1.165) is 5.56 Å². The number of nitrogens with one attached hydrogen (secondary N) is 2. The molecule has 36 heavy (non-hydrogen) atoms. The van der Waals surface area contributed by atoms with Crippen molar-refractivity contribution in [2.24, 2.45) is 5.92 Å². The van der Waals surface area contributed by atoms with Gasteiger partial charge in [-0.3, -0.25) is 4.79 Å². The molecular weight excluding hydrogens is 476 g/mol. The van der Waals surface area contributed by atoms with E-state index >= 15 is 0 Å². The van der Waals surface area contributed by atoms with Gasteiger partial charge in [0.2, 0.25) is 15.9 Å². The number of piperidine rings is 2. The Labute approximate surface area is 214 Å². The molecule has 0 saturated carbocycles. The maximum absolute atomic E-state index is 13.7. The Kier molecular flexibility index (Phi) is 8.31. The van der Waals surface area contributed by atoms with Gasteiger partial charge in [0.05, 0.1) is 16.9 Å². The summed E-state index contributed by atoms with van der Waals surface area (Å²) in [7, 11) is -3.78. The molecule has 2 heterocycles. The Balaban J connectivity index is 1.46. The standard InChI is InChI=1S/C27H36N4O4S/c1-20(2)28-27(33)29-23-15-17-30(18-16-23)26(32)22-13-14-25(21-9-5-3-6-10-21)31(19-22)36(34,35)24-11-7-4-8-12-24/h3-12,20,22-23,25H,13-19H2,1-2H3,(H2,28,29,33)/t22-,25-/m1/s1. The predicted octanol–water partition coefficient (Wildman–Crippen LogP) is 3.53. The molecule has 194 valence electrons. The highest BCUT2D eigenvalue weighted by atomic mass is 32.2. The zero-order valence-electron chi connectivity index (χ0n) is 21.0. The number of hydrogen-bond acceptors (Lipinski definition) is 4. The van der Waals surface area contributed by atoms with Crippen molar-refractivity contribution in [3.63, 3.8) is 0 Å². The molecule has 0 unspecified atom stereocenters. The molecule has 0 radical (unpaired) electrons. The van der Waals surface area contributed by atoms with Gasteiger partial charge in [-0.1, -0.05) is 48.5 Å². The van der Waals surface area contributed by atoms with Gasteiger partial charge in [0.1, 0.15) is 0 Å². The van der Waals surface area contributed by atoms with Gasteiger partial charge < -0.3 is 15.5 Å². The van der Waals surface area contributed by atoms with Gasteiger partial charge in [0, 0.05) is 31.7 Å². The number of nitrogens with zero attached hydrogens (tertiary/aromatic N) is 2. The number of sulfonamides is 1. The van der Waals surface area contributed by atoms with E-state index in [2.05, 4.69) is 10.6 Å². The second-order valence-electron chi connectivity index (χ2n) is 9.96. The lowest BCUT2D eigenvalue weighted by molar-refractivity contribution is -0.138. The largest absolute Gasteiger partial charge is 0.342 e. The number of rotatable bonds is 6. The third-order valence-corrected chi connectivity index (χ3v) is 8.87. The molecular formula is C27H36N4O4S. The van der Waals surface area contributed by atoms with Crippen LogP contribution in [0.4, 0.5) is 4.79 Å². The number of amides is 3. The molecule has 3 amide bonds. The summed E-state index contributed by atoms with van der Waals surface area (Å²) in [6, 6.07) is 17.7. The summed E-state index contributed by atoms with van der Waals surface area (Å²) in [4.78, 5) is 27.6. The minimum atomic E-state index is -3.78. The van der Waals surface area contributed by atoms with Crippen molar-refractivity contribution in [1.82, 2.24) is 19.8 Å². The second kappa shape index (κ2) is 11.4. The minimum absolute atomic E-state index is 0.000134. The molecule has 0 aromatic heterocycles. The highest BCUT2D eigenvalue weighted by Gasteiger charge is 2.41. The van der Waals surface area contributed by atoms with Gasteiger partial charge in [-0.05, 0) is 57.2 Å². The van der Waals surface area contributed by atoms with E-state index in [9.17, 15) is 18.0 Å². The number of likely N-dealkylation sites (tertiary alicyclic amines) is 1. The lowest BCUT2D eigenvalue weighted by Crippen LogP contribution is -2.53. The molecule has 2 aromatic carbocycles. The van der Waals surface area contributed by atoms with Crippen LogP contribution in [-0.2, 0) is 14.8 Å². The van der Waals surface area contributed by atoms with Gasteiger partial charge in [0.25, 0.3) is 0 Å². The average Bonchev–Trinajstić information content (AvgIpc) is 2.89. The molecule has 0 aliphatic carbocycles. The van der Waals surface area contributed by atoms with E-state index < -0.39 is 15.9 Å². The fraction of sp³-hybridized carbons (Fsp3) is 0.481. The predicted molar refractivity (Wildman–Crippen MR) is 139 cm³/mol. The van der Waals surface area contributed by atoms with E-state index in [1.807, 2.05) is 49.1 Å². The molecule has 2 atom stereocenters. The van der Waals surface area contributed by atoms with Gasteiger partial charge in [-0.2, -0.15) is 4.31 Å². The van der Waals surface area contributed by atoms with E-state index in [1.165, 1.54) is 4.31 Å². The zero-order chi connectivity index (χ0) is 25.7. The summed E-state index contributed by atoms with van der Waals surface area (Å²) >= 11 is 0. The van der Waals surface area contributed by atoms with Crippen molar-refractivity contribution < 1.29 is 18.0 Å². The van der Waals surface area contributed by atoms with Gasteiger partial charge in [0.15, 0.2) is 0 Å². The lowest BCUT2D eigenvalue weighted by atomic mass is 9.89. The summed E-state index contributed by atoms with van der Waals surface area (Å²) < 4.78 is 28.9. The van der Waals surface area contributed by atoms with Crippen LogP contribution in [0.2, 0.25) is 0 Å². The Morgan fingerprint density at radius 2 is 1.50 bits per heavy atom. The third-order valence-electron chi connectivity index (χ3n) is 6.98. The monoisotopic (exact) mass is 512 g/mol.